The van der Waals surface area contributed by atoms with Gasteiger partial charge in [-0.25, -0.2) is 0 Å². The number of rotatable bonds is 0. The van der Waals surface area contributed by atoms with E-state index in [2.05, 4.69) is 15.9 Å². The molecule has 1 saturated heterocycles. The predicted molar refractivity (Wildman–Crippen MR) is 67.1 cm³/mol. The first-order chi connectivity index (χ1) is 8.56. The number of benzene rings is 1. The van der Waals surface area contributed by atoms with Gasteiger partial charge in [0, 0.05) is 18.4 Å². The van der Waals surface area contributed by atoms with E-state index in [0.29, 0.717) is 24.0 Å². The minimum absolute atomic E-state index is 0.293. The number of halogens is 1. The lowest BCUT2D eigenvalue weighted by molar-refractivity contribution is -0.164. The molecule has 3 rings (SSSR count). The molecular formula is C13H13BrO4. The number of aliphatic hydroxyl groups is 2. The van der Waals surface area contributed by atoms with Gasteiger partial charge < -0.3 is 14.9 Å². The molecule has 1 aliphatic heterocycles. The molecule has 2 aliphatic rings. The molecule has 0 radical (unpaired) electrons. The van der Waals surface area contributed by atoms with Crippen molar-refractivity contribution in [1.29, 1.82) is 0 Å². The predicted octanol–water partition coefficient (Wildman–Crippen LogP) is 1.39. The summed E-state index contributed by atoms with van der Waals surface area (Å²) in [5.41, 5.74) is 0.409. The molecule has 2 N–H and O–H groups in total. The second-order valence-corrected chi connectivity index (χ2v) is 5.84. The van der Waals surface area contributed by atoms with Crippen LogP contribution in [0, 0.1) is 0 Å². The quantitative estimate of drug-likeness (QED) is 0.561. The number of ether oxygens (including phenoxy) is 1. The molecule has 1 aliphatic carbocycles. The van der Waals surface area contributed by atoms with Gasteiger partial charge in [-0.3, -0.25) is 4.79 Å². The highest BCUT2D eigenvalue weighted by molar-refractivity contribution is 9.09. The third-order valence-corrected chi connectivity index (χ3v) is 4.81. The molecule has 18 heavy (non-hydrogen) atoms. The van der Waals surface area contributed by atoms with Gasteiger partial charge in [-0.1, -0.05) is 40.2 Å². The summed E-state index contributed by atoms with van der Waals surface area (Å²) in [7, 11) is 0. The molecule has 1 spiro atoms. The fraction of sp³-hybridized carbons (Fsp3) is 0.462. The van der Waals surface area contributed by atoms with E-state index in [-0.39, 0.29) is 5.97 Å². The molecular weight excluding hydrogens is 300 g/mol. The van der Waals surface area contributed by atoms with Gasteiger partial charge in [0.25, 0.3) is 0 Å². The zero-order chi connectivity index (χ0) is 12.9. The van der Waals surface area contributed by atoms with E-state index in [1.165, 1.54) is 0 Å². The molecule has 4 atom stereocenters. The first-order valence-corrected chi connectivity index (χ1v) is 6.79. The smallest absolute Gasteiger partial charge is 0.306 e. The van der Waals surface area contributed by atoms with Gasteiger partial charge in [0.05, 0.1) is 10.9 Å². The van der Waals surface area contributed by atoms with E-state index in [1.807, 2.05) is 12.1 Å². The van der Waals surface area contributed by atoms with Gasteiger partial charge in [-0.2, -0.15) is 0 Å². The van der Waals surface area contributed by atoms with Crippen molar-refractivity contribution in [2.24, 2.45) is 0 Å². The first-order valence-electron chi connectivity index (χ1n) is 5.88. The Kier molecular flexibility index (Phi) is 2.73. The number of carbonyl (C=O) groups is 1. The minimum atomic E-state index is -1.01. The summed E-state index contributed by atoms with van der Waals surface area (Å²) >= 11 is 3.30. The minimum Gasteiger partial charge on any atom is -0.451 e. The van der Waals surface area contributed by atoms with E-state index in [9.17, 15) is 15.0 Å². The summed E-state index contributed by atoms with van der Waals surface area (Å²) in [5.74, 6) is -0.306. The highest BCUT2D eigenvalue weighted by atomic mass is 79.9. The standard InChI is InChI=1S/C13H13BrO4/c14-10-11(16)7-3-1-2-4-8(7)13(12(10)17)6-5-9(15)18-13/h1-4,10-12,16-17H,5-6H2/t10-,11+,12-,13-/m0/s1. The van der Waals surface area contributed by atoms with Crippen LogP contribution in [-0.4, -0.2) is 27.1 Å². The molecule has 1 fully saturated rings. The second kappa shape index (κ2) is 4.05. The van der Waals surface area contributed by atoms with Crippen molar-refractivity contribution in [2.75, 3.05) is 0 Å². The van der Waals surface area contributed by atoms with Gasteiger partial charge in [0.1, 0.15) is 6.10 Å². The molecule has 0 bridgehead atoms. The Morgan fingerprint density at radius 1 is 1.33 bits per heavy atom. The zero-order valence-corrected chi connectivity index (χ0v) is 11.1. The molecule has 1 aromatic rings. The molecule has 96 valence electrons. The maximum absolute atomic E-state index is 11.4. The van der Waals surface area contributed by atoms with Crippen molar-refractivity contribution in [2.45, 2.75) is 35.5 Å². The van der Waals surface area contributed by atoms with Crippen LogP contribution >= 0.6 is 15.9 Å². The molecule has 1 heterocycles. The number of fused-ring (bicyclic) bond motifs is 2. The Morgan fingerprint density at radius 2 is 2.06 bits per heavy atom. The van der Waals surface area contributed by atoms with Gasteiger partial charge >= 0.3 is 5.97 Å². The molecule has 0 unspecified atom stereocenters. The number of hydrogen-bond acceptors (Lipinski definition) is 4. The van der Waals surface area contributed by atoms with Crippen LogP contribution in [-0.2, 0) is 15.1 Å². The molecule has 0 aromatic heterocycles. The van der Waals surface area contributed by atoms with Crippen molar-refractivity contribution in [3.63, 3.8) is 0 Å². The lowest BCUT2D eigenvalue weighted by Gasteiger charge is -2.43. The van der Waals surface area contributed by atoms with E-state index in [1.54, 1.807) is 12.1 Å². The van der Waals surface area contributed by atoms with Crippen LogP contribution in [0.1, 0.15) is 30.1 Å². The largest absolute Gasteiger partial charge is 0.451 e. The summed E-state index contributed by atoms with van der Waals surface area (Å²) in [4.78, 5) is 10.9. The average molecular weight is 313 g/mol. The van der Waals surface area contributed by atoms with Crippen molar-refractivity contribution in [3.05, 3.63) is 35.4 Å². The molecule has 0 amide bonds. The monoisotopic (exact) mass is 312 g/mol. The lowest BCUT2D eigenvalue weighted by Crippen LogP contribution is -2.51. The van der Waals surface area contributed by atoms with Crippen LogP contribution in [0.25, 0.3) is 0 Å². The first kappa shape index (κ1) is 12.1. The van der Waals surface area contributed by atoms with Crippen molar-refractivity contribution in [3.8, 4) is 0 Å². The second-order valence-electron chi connectivity index (χ2n) is 4.78. The summed E-state index contributed by atoms with van der Waals surface area (Å²) in [6.45, 7) is 0. The topological polar surface area (TPSA) is 66.8 Å². The Labute approximate surface area is 113 Å². The van der Waals surface area contributed by atoms with E-state index in [4.69, 9.17) is 4.74 Å². The third kappa shape index (κ3) is 1.47. The Balaban J connectivity index is 2.19. The number of hydrogen-bond donors (Lipinski definition) is 2. The van der Waals surface area contributed by atoms with Gasteiger partial charge in [-0.15, -0.1) is 0 Å². The number of alkyl halides is 1. The Bertz CT molecular complexity index is 504. The van der Waals surface area contributed by atoms with E-state index >= 15 is 0 Å². The van der Waals surface area contributed by atoms with Crippen LogP contribution in [0.15, 0.2) is 24.3 Å². The summed E-state index contributed by atoms with van der Waals surface area (Å²) in [6, 6.07) is 7.25. The molecule has 5 heteroatoms. The Hall–Kier alpha value is -0.910. The van der Waals surface area contributed by atoms with Crippen LogP contribution in [0.2, 0.25) is 0 Å². The maximum Gasteiger partial charge on any atom is 0.306 e. The lowest BCUT2D eigenvalue weighted by atomic mass is 9.74. The normalized spacial score (nSPS) is 38.6. The van der Waals surface area contributed by atoms with Crippen LogP contribution in [0.3, 0.4) is 0 Å². The van der Waals surface area contributed by atoms with Crippen LogP contribution in [0.4, 0.5) is 0 Å². The van der Waals surface area contributed by atoms with Gasteiger partial charge in [0.15, 0.2) is 5.60 Å². The van der Waals surface area contributed by atoms with Gasteiger partial charge in [0.2, 0.25) is 0 Å². The molecule has 0 saturated carbocycles. The highest BCUT2D eigenvalue weighted by Gasteiger charge is 2.56. The number of aliphatic hydroxyl groups excluding tert-OH is 2. The Morgan fingerprint density at radius 3 is 2.72 bits per heavy atom. The SMILES string of the molecule is O=C1CC[C@]2(O1)c1ccccc1[C@@H](O)[C@H](Br)[C@@H]2O. The summed E-state index contributed by atoms with van der Waals surface area (Å²) in [6.07, 6.45) is -1.02. The summed E-state index contributed by atoms with van der Waals surface area (Å²) < 4.78 is 5.42. The van der Waals surface area contributed by atoms with Crippen LogP contribution < -0.4 is 0 Å². The van der Waals surface area contributed by atoms with Crippen LogP contribution in [0.5, 0.6) is 0 Å². The highest BCUT2D eigenvalue weighted by Crippen LogP contribution is 2.50. The molecule has 1 aromatic carbocycles. The van der Waals surface area contributed by atoms with E-state index in [0.717, 1.165) is 0 Å². The fourth-order valence-electron chi connectivity index (χ4n) is 2.89. The molecule has 4 nitrogen and oxygen atoms in total. The summed E-state index contributed by atoms with van der Waals surface area (Å²) in [5, 5.41) is 20.5. The fourth-order valence-corrected chi connectivity index (χ4v) is 3.60. The van der Waals surface area contributed by atoms with Gasteiger partial charge in [-0.05, 0) is 5.56 Å². The zero-order valence-electron chi connectivity index (χ0n) is 9.54. The average Bonchev–Trinajstić information content (AvgIpc) is 2.78. The van der Waals surface area contributed by atoms with Crippen molar-refractivity contribution < 1.29 is 19.7 Å². The van der Waals surface area contributed by atoms with E-state index < -0.39 is 22.6 Å². The number of carbonyl (C=O) groups excluding carboxylic acids is 1. The number of esters is 1. The van der Waals surface area contributed by atoms with Crippen molar-refractivity contribution >= 4 is 21.9 Å². The van der Waals surface area contributed by atoms with Crippen molar-refractivity contribution in [1.82, 2.24) is 0 Å². The third-order valence-electron chi connectivity index (χ3n) is 3.81. The maximum atomic E-state index is 11.4.